The van der Waals surface area contributed by atoms with E-state index in [1.165, 1.54) is 16.2 Å². The van der Waals surface area contributed by atoms with Crippen LogP contribution in [-0.2, 0) is 4.79 Å². The summed E-state index contributed by atoms with van der Waals surface area (Å²) in [5.74, 6) is -1.21. The summed E-state index contributed by atoms with van der Waals surface area (Å²) in [7, 11) is 0. The lowest BCUT2D eigenvalue weighted by atomic mass is 10.2. The number of thiophene rings is 1. The second kappa shape index (κ2) is 4.09. The van der Waals surface area contributed by atoms with Gasteiger partial charge < -0.3 is 10.0 Å². The van der Waals surface area contributed by atoms with Gasteiger partial charge in [-0.15, -0.1) is 11.3 Å². The molecule has 0 saturated heterocycles. The molecule has 0 saturated carbocycles. The predicted molar refractivity (Wildman–Crippen MR) is 60.7 cm³/mol. The van der Waals surface area contributed by atoms with Crippen molar-refractivity contribution in [2.24, 2.45) is 0 Å². The van der Waals surface area contributed by atoms with Gasteiger partial charge in [-0.3, -0.25) is 4.79 Å². The Hall–Kier alpha value is -1.62. The number of aliphatic carboxylic acids is 1. The Morgan fingerprint density at radius 1 is 1.56 bits per heavy atom. The molecule has 0 radical (unpaired) electrons. The highest BCUT2D eigenvalue weighted by atomic mass is 32.1. The molecule has 1 amide bonds. The van der Waals surface area contributed by atoms with Crippen LogP contribution in [0.1, 0.15) is 15.2 Å². The topological polar surface area (TPSA) is 57.6 Å². The first-order chi connectivity index (χ1) is 7.59. The number of hydrogen-bond acceptors (Lipinski definition) is 3. The van der Waals surface area contributed by atoms with Crippen molar-refractivity contribution in [1.29, 1.82) is 0 Å². The van der Waals surface area contributed by atoms with Gasteiger partial charge in [-0.1, -0.05) is 12.2 Å². The molecule has 0 bridgehead atoms. The van der Waals surface area contributed by atoms with Gasteiger partial charge in [-0.25, -0.2) is 4.79 Å². The zero-order valence-corrected chi connectivity index (χ0v) is 9.53. The van der Waals surface area contributed by atoms with Gasteiger partial charge in [0.2, 0.25) is 0 Å². The largest absolute Gasteiger partial charge is 0.479 e. The third kappa shape index (κ3) is 1.86. The zero-order chi connectivity index (χ0) is 11.7. The zero-order valence-electron chi connectivity index (χ0n) is 8.71. The van der Waals surface area contributed by atoms with Crippen molar-refractivity contribution in [3.8, 4) is 0 Å². The Morgan fingerprint density at radius 2 is 2.31 bits per heavy atom. The molecule has 1 atom stereocenters. The summed E-state index contributed by atoms with van der Waals surface area (Å²) in [6, 6.07) is 0.956. The van der Waals surface area contributed by atoms with E-state index in [1.54, 1.807) is 23.6 Å². The number of carbonyl (C=O) groups excluding carboxylic acids is 1. The average molecular weight is 237 g/mol. The molecule has 1 aromatic rings. The maximum Gasteiger partial charge on any atom is 0.330 e. The minimum absolute atomic E-state index is 0.221. The minimum atomic E-state index is -0.992. The molecule has 1 N–H and O–H groups in total. The molecule has 5 heteroatoms. The predicted octanol–water partition coefficient (Wildman–Crippen LogP) is 1.52. The van der Waals surface area contributed by atoms with Crippen LogP contribution in [-0.4, -0.2) is 34.5 Å². The third-order valence-corrected chi connectivity index (χ3v) is 3.31. The summed E-state index contributed by atoms with van der Waals surface area (Å²) in [6.07, 6.45) is 3.25. The van der Waals surface area contributed by atoms with Crippen LogP contribution < -0.4 is 0 Å². The third-order valence-electron chi connectivity index (χ3n) is 2.45. The fraction of sp³-hybridized carbons (Fsp3) is 0.273. The second-order valence-corrected chi connectivity index (χ2v) is 4.73. The van der Waals surface area contributed by atoms with Crippen LogP contribution in [0, 0.1) is 6.92 Å². The first kappa shape index (κ1) is 10.9. The normalized spacial score (nSPS) is 19.1. The van der Waals surface area contributed by atoms with E-state index < -0.39 is 12.0 Å². The van der Waals surface area contributed by atoms with Crippen LogP contribution in [0.5, 0.6) is 0 Å². The van der Waals surface area contributed by atoms with Crippen molar-refractivity contribution in [3.63, 3.8) is 0 Å². The maximum absolute atomic E-state index is 12.0. The van der Waals surface area contributed by atoms with Crippen molar-refractivity contribution in [2.75, 3.05) is 6.54 Å². The van der Waals surface area contributed by atoms with Gasteiger partial charge in [-0.2, -0.15) is 0 Å². The van der Waals surface area contributed by atoms with Crippen molar-refractivity contribution in [3.05, 3.63) is 34.0 Å². The first-order valence-corrected chi connectivity index (χ1v) is 5.73. The number of carbonyl (C=O) groups is 2. The molecular formula is C11H11NO3S. The van der Waals surface area contributed by atoms with Crippen LogP contribution in [0.2, 0.25) is 0 Å². The Labute approximate surface area is 96.8 Å². The van der Waals surface area contributed by atoms with Gasteiger partial charge in [0.15, 0.2) is 0 Å². The quantitative estimate of drug-likeness (QED) is 0.793. The Morgan fingerprint density at radius 3 is 2.88 bits per heavy atom. The molecule has 0 spiro atoms. The Balaban J connectivity index is 2.20. The standard InChI is InChI=1S/C11H11NO3S/c1-7-5-8(6-16-7)10(13)12-4-2-3-9(12)11(14)15/h2-3,5-6,9H,4H2,1H3,(H,14,15)/t9-/m0/s1. The minimum Gasteiger partial charge on any atom is -0.479 e. The number of rotatable bonds is 2. The smallest absolute Gasteiger partial charge is 0.330 e. The summed E-state index contributed by atoms with van der Waals surface area (Å²) in [4.78, 5) is 25.3. The Bertz CT molecular complexity index is 464. The molecule has 84 valence electrons. The highest BCUT2D eigenvalue weighted by molar-refractivity contribution is 7.10. The molecule has 4 nitrogen and oxygen atoms in total. The van der Waals surface area contributed by atoms with Crippen molar-refractivity contribution >= 4 is 23.2 Å². The van der Waals surface area contributed by atoms with E-state index in [2.05, 4.69) is 0 Å². The molecule has 1 aliphatic heterocycles. The molecule has 16 heavy (non-hydrogen) atoms. The lowest BCUT2D eigenvalue weighted by Gasteiger charge is -2.20. The molecule has 1 aliphatic rings. The molecule has 1 aromatic heterocycles. The number of nitrogens with zero attached hydrogens (tertiary/aromatic N) is 1. The van der Waals surface area contributed by atoms with E-state index >= 15 is 0 Å². The number of hydrogen-bond donors (Lipinski definition) is 1. The fourth-order valence-corrected chi connectivity index (χ4v) is 2.34. The van der Waals surface area contributed by atoms with Crippen LogP contribution in [0.25, 0.3) is 0 Å². The number of carboxylic acid groups (broad SMARTS) is 1. The summed E-state index contributed by atoms with van der Waals surface area (Å²) in [5.41, 5.74) is 0.567. The lowest BCUT2D eigenvalue weighted by Crippen LogP contribution is -2.40. The molecule has 0 unspecified atom stereocenters. The van der Waals surface area contributed by atoms with Crippen LogP contribution in [0.15, 0.2) is 23.6 Å². The summed E-state index contributed by atoms with van der Waals surface area (Å²) < 4.78 is 0. The molecular weight excluding hydrogens is 226 g/mol. The van der Waals surface area contributed by atoms with Gasteiger partial charge in [-0.05, 0) is 13.0 Å². The van der Waals surface area contributed by atoms with E-state index in [1.807, 2.05) is 6.92 Å². The van der Waals surface area contributed by atoms with E-state index in [0.29, 0.717) is 12.1 Å². The summed E-state index contributed by atoms with van der Waals surface area (Å²) >= 11 is 1.49. The van der Waals surface area contributed by atoms with Crippen molar-refractivity contribution in [1.82, 2.24) is 4.90 Å². The van der Waals surface area contributed by atoms with Crippen LogP contribution in [0.4, 0.5) is 0 Å². The van der Waals surface area contributed by atoms with Crippen molar-refractivity contribution in [2.45, 2.75) is 13.0 Å². The first-order valence-electron chi connectivity index (χ1n) is 4.85. The van der Waals surface area contributed by atoms with Gasteiger partial charge >= 0.3 is 5.97 Å². The van der Waals surface area contributed by atoms with Crippen molar-refractivity contribution < 1.29 is 14.7 Å². The van der Waals surface area contributed by atoms with Gasteiger partial charge in [0.25, 0.3) is 5.91 Å². The van der Waals surface area contributed by atoms with Gasteiger partial charge in [0, 0.05) is 16.8 Å². The van der Waals surface area contributed by atoms with E-state index in [0.717, 1.165) is 4.88 Å². The summed E-state index contributed by atoms with van der Waals surface area (Å²) in [6.45, 7) is 2.28. The average Bonchev–Trinajstić information content (AvgIpc) is 2.84. The number of aryl methyl sites for hydroxylation is 1. The highest BCUT2D eigenvalue weighted by Gasteiger charge is 2.30. The second-order valence-electron chi connectivity index (χ2n) is 3.61. The molecule has 0 aliphatic carbocycles. The van der Waals surface area contributed by atoms with E-state index in [-0.39, 0.29) is 5.91 Å². The maximum atomic E-state index is 12.0. The van der Waals surface area contributed by atoms with Crippen LogP contribution >= 0.6 is 11.3 Å². The van der Waals surface area contributed by atoms with Crippen LogP contribution in [0.3, 0.4) is 0 Å². The number of amides is 1. The molecule has 2 heterocycles. The fourth-order valence-electron chi connectivity index (χ4n) is 1.67. The molecule has 2 rings (SSSR count). The highest BCUT2D eigenvalue weighted by Crippen LogP contribution is 2.19. The number of carboxylic acids is 1. The molecule has 0 aromatic carbocycles. The molecule has 0 fully saturated rings. The SMILES string of the molecule is Cc1cc(C(=O)N2CC=C[C@H]2C(=O)O)cs1. The lowest BCUT2D eigenvalue weighted by molar-refractivity contribution is -0.140. The van der Waals surface area contributed by atoms with Gasteiger partial charge in [0.05, 0.1) is 5.56 Å². The van der Waals surface area contributed by atoms with E-state index in [9.17, 15) is 9.59 Å². The monoisotopic (exact) mass is 237 g/mol. The Kier molecular flexibility index (Phi) is 2.78. The van der Waals surface area contributed by atoms with E-state index in [4.69, 9.17) is 5.11 Å². The van der Waals surface area contributed by atoms with Gasteiger partial charge in [0.1, 0.15) is 6.04 Å². The summed E-state index contributed by atoms with van der Waals surface area (Å²) in [5, 5.41) is 10.7.